The van der Waals surface area contributed by atoms with Crippen molar-refractivity contribution in [2.45, 2.75) is 32.2 Å². The van der Waals surface area contributed by atoms with Crippen molar-refractivity contribution in [1.82, 2.24) is 4.90 Å². The van der Waals surface area contributed by atoms with Gasteiger partial charge in [0, 0.05) is 31.6 Å². The van der Waals surface area contributed by atoms with E-state index in [2.05, 4.69) is 5.32 Å². The highest BCUT2D eigenvalue weighted by Gasteiger charge is 2.47. The predicted octanol–water partition coefficient (Wildman–Crippen LogP) is 3.47. The van der Waals surface area contributed by atoms with Crippen molar-refractivity contribution in [3.8, 4) is 0 Å². The van der Waals surface area contributed by atoms with E-state index in [-0.39, 0.29) is 29.5 Å². The van der Waals surface area contributed by atoms with E-state index < -0.39 is 0 Å². The maximum Gasteiger partial charge on any atom is 0.226 e. The molecule has 134 valence electrons. The summed E-state index contributed by atoms with van der Waals surface area (Å²) in [4.78, 5) is 26.1. The van der Waals surface area contributed by atoms with Gasteiger partial charge in [-0.15, -0.1) is 0 Å². The number of anilines is 1. The maximum absolute atomic E-state index is 13.9. The second-order valence-electron chi connectivity index (χ2n) is 7.10. The number of amides is 2. The van der Waals surface area contributed by atoms with Gasteiger partial charge < -0.3 is 10.2 Å². The highest BCUT2D eigenvalue weighted by atomic mass is 19.1. The van der Waals surface area contributed by atoms with Gasteiger partial charge in [-0.3, -0.25) is 9.59 Å². The number of carbonyl (C=O) groups is 2. The Hall–Kier alpha value is -2.69. The lowest BCUT2D eigenvalue weighted by Crippen LogP contribution is -2.37. The van der Waals surface area contributed by atoms with E-state index >= 15 is 0 Å². The molecule has 2 atom stereocenters. The van der Waals surface area contributed by atoms with Crippen molar-refractivity contribution < 1.29 is 14.0 Å². The number of carbonyl (C=O) groups excluding carboxylic acids is 2. The lowest BCUT2D eigenvalue weighted by molar-refractivity contribution is -0.133. The van der Waals surface area contributed by atoms with Crippen LogP contribution in [0.5, 0.6) is 0 Å². The zero-order valence-electron chi connectivity index (χ0n) is 14.7. The summed E-state index contributed by atoms with van der Waals surface area (Å²) >= 11 is 0. The van der Waals surface area contributed by atoms with Gasteiger partial charge in [0.1, 0.15) is 5.82 Å². The molecular weight excluding hydrogens is 331 g/mol. The van der Waals surface area contributed by atoms with Crippen LogP contribution in [0.15, 0.2) is 42.5 Å². The quantitative estimate of drug-likeness (QED) is 0.919. The molecule has 2 aromatic carbocycles. The second kappa shape index (κ2) is 6.56. The van der Waals surface area contributed by atoms with E-state index in [4.69, 9.17) is 0 Å². The van der Waals surface area contributed by atoms with Gasteiger partial charge in [-0.2, -0.15) is 0 Å². The largest absolute Gasteiger partial charge is 0.338 e. The number of hydrogen-bond acceptors (Lipinski definition) is 2. The van der Waals surface area contributed by atoms with Crippen molar-refractivity contribution in [3.05, 3.63) is 65.0 Å². The maximum atomic E-state index is 13.9. The number of halogens is 1. The first-order chi connectivity index (χ1) is 12.5. The number of fused-ring (bicyclic) bond motifs is 1. The molecule has 2 aromatic rings. The van der Waals surface area contributed by atoms with Gasteiger partial charge in [0.2, 0.25) is 11.8 Å². The van der Waals surface area contributed by atoms with Crippen LogP contribution in [-0.4, -0.2) is 23.3 Å². The molecular formula is C21H21FN2O2. The fraction of sp³-hybridized carbons (Fsp3) is 0.333. The Labute approximate surface area is 152 Å². The van der Waals surface area contributed by atoms with E-state index in [1.54, 1.807) is 12.1 Å². The molecule has 26 heavy (non-hydrogen) atoms. The van der Waals surface area contributed by atoms with Gasteiger partial charge in [0.25, 0.3) is 0 Å². The fourth-order valence-corrected chi connectivity index (χ4v) is 3.93. The minimum absolute atomic E-state index is 0.00388. The van der Waals surface area contributed by atoms with Crippen LogP contribution in [-0.2, 0) is 22.6 Å². The summed E-state index contributed by atoms with van der Waals surface area (Å²) in [6.07, 6.45) is 1.43. The Morgan fingerprint density at radius 2 is 1.96 bits per heavy atom. The third-order valence-corrected chi connectivity index (χ3v) is 5.30. The molecule has 4 rings (SSSR count). The fourth-order valence-electron chi connectivity index (χ4n) is 3.93. The number of nitrogens with one attached hydrogen (secondary N) is 1. The van der Waals surface area contributed by atoms with Crippen LogP contribution in [0, 0.1) is 11.7 Å². The Morgan fingerprint density at radius 1 is 1.15 bits per heavy atom. The third kappa shape index (κ3) is 3.09. The number of nitrogens with zero attached hydrogens (tertiary/aromatic N) is 1. The van der Waals surface area contributed by atoms with Crippen molar-refractivity contribution in [3.63, 3.8) is 0 Å². The molecule has 1 N–H and O–H groups in total. The summed E-state index contributed by atoms with van der Waals surface area (Å²) < 4.78 is 13.9. The third-order valence-electron chi connectivity index (χ3n) is 5.30. The molecule has 0 bridgehead atoms. The monoisotopic (exact) mass is 352 g/mol. The van der Waals surface area contributed by atoms with Crippen LogP contribution >= 0.6 is 0 Å². The Balaban J connectivity index is 1.47. The first-order valence-corrected chi connectivity index (χ1v) is 8.96. The lowest BCUT2D eigenvalue weighted by atomic mass is 9.97. The first kappa shape index (κ1) is 16.8. The number of rotatable bonds is 3. The zero-order chi connectivity index (χ0) is 18.3. The predicted molar refractivity (Wildman–Crippen MR) is 97.1 cm³/mol. The Kier molecular flexibility index (Phi) is 4.23. The first-order valence-electron chi connectivity index (χ1n) is 8.96. The highest BCUT2D eigenvalue weighted by Crippen LogP contribution is 2.49. The number of benzene rings is 2. The van der Waals surface area contributed by atoms with E-state index in [0.717, 1.165) is 23.2 Å². The molecule has 4 nitrogen and oxygen atoms in total. The molecule has 0 aromatic heterocycles. The highest BCUT2D eigenvalue weighted by molar-refractivity contribution is 5.90. The topological polar surface area (TPSA) is 49.4 Å². The van der Waals surface area contributed by atoms with E-state index in [0.29, 0.717) is 25.1 Å². The zero-order valence-corrected chi connectivity index (χ0v) is 14.7. The van der Waals surface area contributed by atoms with Crippen LogP contribution in [0.1, 0.15) is 36.0 Å². The van der Waals surface area contributed by atoms with Crippen LogP contribution in [0.4, 0.5) is 10.1 Å². The average Bonchev–Trinajstić information content (AvgIpc) is 3.41. The van der Waals surface area contributed by atoms with Gasteiger partial charge in [0.15, 0.2) is 0 Å². The van der Waals surface area contributed by atoms with Crippen molar-refractivity contribution in [1.29, 1.82) is 0 Å². The number of hydrogen-bond donors (Lipinski definition) is 1. The normalized spacial score (nSPS) is 21.1. The van der Waals surface area contributed by atoms with E-state index in [9.17, 15) is 14.0 Å². The molecule has 1 aliphatic heterocycles. The van der Waals surface area contributed by atoms with Gasteiger partial charge in [-0.25, -0.2) is 4.39 Å². The summed E-state index contributed by atoms with van der Waals surface area (Å²) in [6, 6.07) is 12.5. The van der Waals surface area contributed by atoms with Crippen LogP contribution in [0.3, 0.4) is 0 Å². The van der Waals surface area contributed by atoms with Crippen LogP contribution in [0.25, 0.3) is 0 Å². The summed E-state index contributed by atoms with van der Waals surface area (Å²) in [5.41, 5.74) is 3.65. The average molecular weight is 352 g/mol. The van der Waals surface area contributed by atoms with E-state index in [1.165, 1.54) is 13.0 Å². The molecule has 1 aliphatic carbocycles. The van der Waals surface area contributed by atoms with Gasteiger partial charge in [0.05, 0.1) is 0 Å². The molecule has 5 heteroatoms. The molecule has 1 fully saturated rings. The van der Waals surface area contributed by atoms with Crippen molar-refractivity contribution in [2.75, 3.05) is 11.9 Å². The van der Waals surface area contributed by atoms with Crippen LogP contribution < -0.4 is 5.32 Å². The lowest BCUT2D eigenvalue weighted by Gasteiger charge is -2.30. The summed E-state index contributed by atoms with van der Waals surface area (Å²) in [7, 11) is 0. The molecule has 0 unspecified atom stereocenters. The summed E-state index contributed by atoms with van der Waals surface area (Å²) in [5.74, 6) is -0.337. The molecule has 2 aliphatic rings. The molecule has 1 saturated carbocycles. The summed E-state index contributed by atoms with van der Waals surface area (Å²) in [5, 5.41) is 2.86. The molecule has 1 heterocycles. The van der Waals surface area contributed by atoms with E-state index in [1.807, 2.05) is 29.2 Å². The SMILES string of the molecule is CC(=O)Nc1cccc2c1CCN(C(=O)[C@H]1C[C@@H]1c1ccccc1F)C2. The molecule has 0 spiro atoms. The molecule has 0 saturated heterocycles. The standard InChI is InChI=1S/C21H21FN2O2/c1-13(25)23-20-8-4-5-14-12-24(10-9-15(14)20)21(26)18-11-17(18)16-6-2-3-7-19(16)22/h2-8,17-18H,9-12H2,1H3,(H,23,25)/t17-,18+/m1/s1. The minimum atomic E-state index is -0.225. The van der Waals surface area contributed by atoms with Crippen molar-refractivity contribution >= 4 is 17.5 Å². The Morgan fingerprint density at radius 3 is 2.73 bits per heavy atom. The summed E-state index contributed by atoms with van der Waals surface area (Å²) in [6.45, 7) is 2.67. The van der Waals surface area contributed by atoms with Gasteiger partial charge in [-0.1, -0.05) is 30.3 Å². The minimum Gasteiger partial charge on any atom is -0.338 e. The second-order valence-corrected chi connectivity index (χ2v) is 7.10. The van der Waals surface area contributed by atoms with Gasteiger partial charge >= 0.3 is 0 Å². The molecule has 0 radical (unpaired) electrons. The van der Waals surface area contributed by atoms with Crippen molar-refractivity contribution in [2.24, 2.45) is 5.92 Å². The smallest absolute Gasteiger partial charge is 0.226 e. The Bertz CT molecular complexity index is 880. The van der Waals surface area contributed by atoms with Gasteiger partial charge in [-0.05, 0) is 47.6 Å². The van der Waals surface area contributed by atoms with Crippen LogP contribution in [0.2, 0.25) is 0 Å². The molecule has 2 amide bonds.